The summed E-state index contributed by atoms with van der Waals surface area (Å²) in [6.45, 7) is 8.36. The Morgan fingerprint density at radius 2 is 1.94 bits per heavy atom. The second-order valence-corrected chi connectivity index (χ2v) is 9.21. The van der Waals surface area contributed by atoms with Crippen molar-refractivity contribution < 1.29 is 8.42 Å². The molecule has 18 heavy (non-hydrogen) atoms. The van der Waals surface area contributed by atoms with Crippen molar-refractivity contribution in [3.05, 3.63) is 15.8 Å². The lowest BCUT2D eigenvalue weighted by atomic mass is 9.97. The standard InChI is InChI=1S/C12H20ClNO2S2/c1-9-11(6-10(7-13)17-9)18(15,16)14(5)8-12(2,3)4/h6H,7-8H2,1-5H3. The number of sulfonamides is 1. The summed E-state index contributed by atoms with van der Waals surface area (Å²) in [4.78, 5) is 2.07. The van der Waals surface area contributed by atoms with Crippen LogP contribution in [-0.4, -0.2) is 26.3 Å². The maximum Gasteiger partial charge on any atom is 0.243 e. The number of alkyl halides is 1. The number of hydrogen-bond acceptors (Lipinski definition) is 3. The van der Waals surface area contributed by atoms with Crippen molar-refractivity contribution in [2.75, 3.05) is 13.6 Å². The van der Waals surface area contributed by atoms with Crippen LogP contribution in [0.1, 0.15) is 30.5 Å². The predicted molar refractivity (Wildman–Crippen MR) is 77.9 cm³/mol. The maximum absolute atomic E-state index is 12.4. The zero-order valence-electron chi connectivity index (χ0n) is 11.4. The van der Waals surface area contributed by atoms with Gasteiger partial charge < -0.3 is 0 Å². The Kier molecular flexibility index (Phi) is 4.87. The van der Waals surface area contributed by atoms with Crippen LogP contribution in [0, 0.1) is 12.3 Å². The largest absolute Gasteiger partial charge is 0.243 e. The first-order valence-electron chi connectivity index (χ1n) is 5.69. The van der Waals surface area contributed by atoms with Crippen LogP contribution in [0.25, 0.3) is 0 Å². The summed E-state index contributed by atoms with van der Waals surface area (Å²) in [7, 11) is -1.78. The average molecular weight is 310 g/mol. The van der Waals surface area contributed by atoms with Crippen molar-refractivity contribution in [2.45, 2.75) is 38.5 Å². The van der Waals surface area contributed by atoms with Gasteiger partial charge >= 0.3 is 0 Å². The minimum atomic E-state index is -3.41. The molecule has 0 aliphatic carbocycles. The number of aryl methyl sites for hydroxylation is 1. The Hall–Kier alpha value is -0.100. The van der Waals surface area contributed by atoms with E-state index in [1.54, 1.807) is 13.1 Å². The summed E-state index contributed by atoms with van der Waals surface area (Å²) in [5.41, 5.74) is -0.0684. The number of nitrogens with zero attached hydrogens (tertiary/aromatic N) is 1. The molecule has 3 nitrogen and oxygen atoms in total. The molecule has 1 heterocycles. The van der Waals surface area contributed by atoms with E-state index in [0.29, 0.717) is 17.3 Å². The SMILES string of the molecule is Cc1sc(CCl)cc1S(=O)(=O)N(C)CC(C)(C)C. The van der Waals surface area contributed by atoms with E-state index < -0.39 is 10.0 Å². The van der Waals surface area contributed by atoms with E-state index in [9.17, 15) is 8.42 Å². The summed E-state index contributed by atoms with van der Waals surface area (Å²) >= 11 is 7.19. The van der Waals surface area contributed by atoms with Gasteiger partial charge in [-0.05, 0) is 18.4 Å². The Labute approximate surface area is 119 Å². The third-order valence-electron chi connectivity index (χ3n) is 2.44. The number of thiophene rings is 1. The van der Waals surface area contributed by atoms with E-state index in [4.69, 9.17) is 11.6 Å². The van der Waals surface area contributed by atoms with Crippen LogP contribution >= 0.6 is 22.9 Å². The minimum absolute atomic E-state index is 0.0684. The lowest BCUT2D eigenvalue weighted by Gasteiger charge is -2.26. The predicted octanol–water partition coefficient (Wildman–Crippen LogP) is 3.46. The van der Waals surface area contributed by atoms with Crippen LogP contribution in [0.2, 0.25) is 0 Å². The van der Waals surface area contributed by atoms with Gasteiger partial charge in [0.05, 0.1) is 10.8 Å². The summed E-state index contributed by atoms with van der Waals surface area (Å²) in [6, 6.07) is 1.68. The fourth-order valence-corrected chi connectivity index (χ4v) is 4.86. The van der Waals surface area contributed by atoms with Gasteiger partial charge in [-0.15, -0.1) is 22.9 Å². The topological polar surface area (TPSA) is 37.4 Å². The zero-order valence-corrected chi connectivity index (χ0v) is 13.8. The van der Waals surface area contributed by atoms with Crippen LogP contribution in [0.4, 0.5) is 0 Å². The quantitative estimate of drug-likeness (QED) is 0.799. The zero-order chi connectivity index (χ0) is 14.1. The van der Waals surface area contributed by atoms with Crippen molar-refractivity contribution in [3.63, 3.8) is 0 Å². The molecule has 0 amide bonds. The van der Waals surface area contributed by atoms with Gasteiger partial charge in [0.15, 0.2) is 0 Å². The Bertz CT molecular complexity index is 515. The molecule has 0 aromatic carbocycles. The van der Waals surface area contributed by atoms with Gasteiger partial charge in [-0.3, -0.25) is 0 Å². The van der Waals surface area contributed by atoms with E-state index in [1.165, 1.54) is 15.6 Å². The fourth-order valence-electron chi connectivity index (χ4n) is 1.77. The molecular weight excluding hydrogens is 290 g/mol. The van der Waals surface area contributed by atoms with Gasteiger partial charge in [-0.25, -0.2) is 12.7 Å². The van der Waals surface area contributed by atoms with Crippen molar-refractivity contribution in [2.24, 2.45) is 5.41 Å². The summed E-state index contributed by atoms with van der Waals surface area (Å²) in [5, 5.41) is 0. The van der Waals surface area contributed by atoms with E-state index in [-0.39, 0.29) is 5.41 Å². The van der Waals surface area contributed by atoms with E-state index in [2.05, 4.69) is 0 Å². The molecule has 1 aromatic rings. The number of rotatable bonds is 4. The molecule has 0 unspecified atom stereocenters. The molecule has 0 fully saturated rings. The van der Waals surface area contributed by atoms with Crippen LogP contribution < -0.4 is 0 Å². The molecule has 0 radical (unpaired) electrons. The van der Waals surface area contributed by atoms with Gasteiger partial charge in [0.2, 0.25) is 10.0 Å². The van der Waals surface area contributed by atoms with Crippen molar-refractivity contribution in [3.8, 4) is 0 Å². The summed E-state index contributed by atoms with van der Waals surface area (Å²) in [5.74, 6) is 0.351. The van der Waals surface area contributed by atoms with E-state index in [0.717, 1.165) is 9.75 Å². The van der Waals surface area contributed by atoms with Gasteiger partial charge in [0.25, 0.3) is 0 Å². The molecule has 1 rings (SSSR count). The molecule has 0 spiro atoms. The monoisotopic (exact) mass is 309 g/mol. The van der Waals surface area contributed by atoms with Crippen molar-refractivity contribution in [1.82, 2.24) is 4.31 Å². The first-order chi connectivity index (χ1) is 8.08. The lowest BCUT2D eigenvalue weighted by molar-refractivity contribution is 0.311. The molecule has 0 N–H and O–H groups in total. The third-order valence-corrected chi connectivity index (χ3v) is 6.00. The molecule has 104 valence electrons. The Morgan fingerprint density at radius 3 is 2.33 bits per heavy atom. The van der Waals surface area contributed by atoms with Gasteiger partial charge in [0, 0.05) is 23.3 Å². The van der Waals surface area contributed by atoms with E-state index in [1.807, 2.05) is 27.7 Å². The third kappa shape index (κ3) is 3.70. The molecule has 0 saturated heterocycles. The molecule has 0 bridgehead atoms. The second kappa shape index (κ2) is 5.49. The van der Waals surface area contributed by atoms with Crippen molar-refractivity contribution >= 4 is 33.0 Å². The Morgan fingerprint density at radius 1 is 1.39 bits per heavy atom. The smallest absolute Gasteiger partial charge is 0.207 e. The van der Waals surface area contributed by atoms with Crippen LogP contribution in [-0.2, 0) is 15.9 Å². The molecule has 6 heteroatoms. The Balaban J connectivity index is 3.09. The average Bonchev–Trinajstić information content (AvgIpc) is 2.57. The van der Waals surface area contributed by atoms with Crippen LogP contribution in [0.3, 0.4) is 0 Å². The first kappa shape index (κ1) is 16.0. The normalized spacial score (nSPS) is 13.3. The van der Waals surface area contributed by atoms with Crippen molar-refractivity contribution in [1.29, 1.82) is 0 Å². The highest BCUT2D eigenvalue weighted by Crippen LogP contribution is 2.29. The minimum Gasteiger partial charge on any atom is -0.207 e. The van der Waals surface area contributed by atoms with Gasteiger partial charge in [-0.1, -0.05) is 20.8 Å². The maximum atomic E-state index is 12.4. The molecule has 1 aromatic heterocycles. The first-order valence-corrected chi connectivity index (χ1v) is 8.48. The van der Waals surface area contributed by atoms with Gasteiger partial charge in [-0.2, -0.15) is 0 Å². The van der Waals surface area contributed by atoms with Crippen LogP contribution in [0.5, 0.6) is 0 Å². The highest BCUT2D eigenvalue weighted by Gasteiger charge is 2.27. The highest BCUT2D eigenvalue weighted by molar-refractivity contribution is 7.89. The summed E-state index contributed by atoms with van der Waals surface area (Å²) in [6.07, 6.45) is 0. The lowest BCUT2D eigenvalue weighted by Crippen LogP contribution is -2.34. The highest BCUT2D eigenvalue weighted by atomic mass is 35.5. The van der Waals surface area contributed by atoms with Gasteiger partial charge in [0.1, 0.15) is 0 Å². The second-order valence-electron chi connectivity index (χ2n) is 5.59. The fraction of sp³-hybridized carbons (Fsp3) is 0.667. The van der Waals surface area contributed by atoms with E-state index >= 15 is 0 Å². The molecule has 0 aliphatic rings. The molecular formula is C12H20ClNO2S2. The number of halogens is 1. The molecule has 0 aliphatic heterocycles. The molecule has 0 saturated carbocycles. The summed E-state index contributed by atoms with van der Waals surface area (Å²) < 4.78 is 26.3. The van der Waals surface area contributed by atoms with Crippen LogP contribution in [0.15, 0.2) is 11.0 Å². The number of hydrogen-bond donors (Lipinski definition) is 0. The molecule has 0 atom stereocenters.